The lowest BCUT2D eigenvalue weighted by Gasteiger charge is -2.19. The molecule has 2 N–H and O–H groups in total. The minimum Gasteiger partial charge on any atom is -0.486 e. The second-order valence-corrected chi connectivity index (χ2v) is 5.96. The van der Waals surface area contributed by atoms with Gasteiger partial charge in [-0.1, -0.05) is 0 Å². The van der Waals surface area contributed by atoms with Crippen LogP contribution < -0.4 is 20.1 Å². The molecule has 0 bridgehead atoms. The van der Waals surface area contributed by atoms with E-state index in [0.717, 1.165) is 0 Å². The van der Waals surface area contributed by atoms with E-state index in [-0.39, 0.29) is 18.7 Å². The third-order valence-electron chi connectivity index (χ3n) is 3.85. The van der Waals surface area contributed by atoms with Crippen molar-refractivity contribution in [1.29, 1.82) is 0 Å². The Hall–Kier alpha value is -3.49. The highest BCUT2D eigenvalue weighted by atomic mass is 16.6. The second kappa shape index (κ2) is 8.94. The lowest BCUT2D eigenvalue weighted by atomic mass is 10.2. The average molecular weight is 388 g/mol. The summed E-state index contributed by atoms with van der Waals surface area (Å²) < 4.78 is 20.9. The monoisotopic (exact) mass is 388 g/mol. The van der Waals surface area contributed by atoms with Gasteiger partial charge in [-0.05, 0) is 31.2 Å². The maximum atomic E-state index is 12.2. The highest BCUT2D eigenvalue weighted by molar-refractivity contribution is 5.95. The number of carbonyl (C=O) groups is 3. The molecule has 1 aliphatic heterocycles. The Kier molecular flexibility index (Phi) is 6.15. The van der Waals surface area contributed by atoms with Crippen LogP contribution in [0.15, 0.2) is 41.0 Å². The summed E-state index contributed by atoms with van der Waals surface area (Å²) in [4.78, 5) is 35.8. The Balaban J connectivity index is 1.42. The molecule has 0 aliphatic carbocycles. The first-order chi connectivity index (χ1) is 13.5. The molecule has 0 saturated heterocycles. The lowest BCUT2D eigenvalue weighted by Crippen LogP contribution is -2.32. The molecule has 3 rings (SSSR count). The number of ether oxygens (including phenoxy) is 3. The summed E-state index contributed by atoms with van der Waals surface area (Å²) in [5.41, 5.74) is 0.503. The largest absolute Gasteiger partial charge is 0.486 e. The van der Waals surface area contributed by atoms with Crippen molar-refractivity contribution >= 4 is 23.5 Å². The Morgan fingerprint density at radius 2 is 1.93 bits per heavy atom. The minimum absolute atomic E-state index is 0.0644. The van der Waals surface area contributed by atoms with Gasteiger partial charge in [0.1, 0.15) is 13.2 Å². The average Bonchev–Trinajstić information content (AvgIpc) is 3.22. The fraction of sp³-hybridized carbons (Fsp3) is 0.316. The first kappa shape index (κ1) is 19.3. The van der Waals surface area contributed by atoms with E-state index in [1.54, 1.807) is 24.3 Å². The van der Waals surface area contributed by atoms with Crippen molar-refractivity contribution < 1.29 is 33.0 Å². The Labute approximate surface area is 160 Å². The summed E-state index contributed by atoms with van der Waals surface area (Å²) in [5.74, 6) is -0.210. The summed E-state index contributed by atoms with van der Waals surface area (Å²) in [6.45, 7) is 2.45. The Morgan fingerprint density at radius 1 is 1.14 bits per heavy atom. The smallest absolute Gasteiger partial charge is 0.308 e. The molecule has 0 spiro atoms. The number of anilines is 1. The molecule has 2 heterocycles. The predicted molar refractivity (Wildman–Crippen MR) is 97.3 cm³/mol. The molecule has 1 aromatic carbocycles. The van der Waals surface area contributed by atoms with Crippen molar-refractivity contribution in [3.8, 4) is 11.5 Å². The predicted octanol–water partition coefficient (Wildman–Crippen LogP) is 1.74. The van der Waals surface area contributed by atoms with E-state index in [9.17, 15) is 14.4 Å². The number of rotatable bonds is 7. The van der Waals surface area contributed by atoms with E-state index in [1.807, 2.05) is 0 Å². The van der Waals surface area contributed by atoms with Crippen LogP contribution in [0.4, 0.5) is 5.69 Å². The van der Waals surface area contributed by atoms with Crippen LogP contribution in [0.2, 0.25) is 0 Å². The molecule has 1 aliphatic rings. The van der Waals surface area contributed by atoms with E-state index in [1.165, 1.54) is 19.3 Å². The van der Waals surface area contributed by atoms with Crippen LogP contribution in [-0.4, -0.2) is 43.6 Å². The molecular weight excluding hydrogens is 368 g/mol. The lowest BCUT2D eigenvalue weighted by molar-refractivity contribution is -0.153. The van der Waals surface area contributed by atoms with Crippen molar-refractivity contribution in [3.05, 3.63) is 42.4 Å². The van der Waals surface area contributed by atoms with Crippen molar-refractivity contribution in [1.82, 2.24) is 5.32 Å². The number of fused-ring (bicyclic) bond motifs is 1. The Bertz CT molecular complexity index is 848. The summed E-state index contributed by atoms with van der Waals surface area (Å²) in [5, 5.41) is 5.18. The van der Waals surface area contributed by atoms with Gasteiger partial charge < -0.3 is 29.3 Å². The van der Waals surface area contributed by atoms with Crippen LogP contribution in [0, 0.1) is 0 Å². The summed E-state index contributed by atoms with van der Waals surface area (Å²) in [6.07, 6.45) is 0.306. The molecule has 2 amide bonds. The van der Waals surface area contributed by atoms with Crippen molar-refractivity contribution in [2.45, 2.75) is 19.4 Å². The van der Waals surface area contributed by atoms with E-state index >= 15 is 0 Å². The van der Waals surface area contributed by atoms with E-state index < -0.39 is 23.9 Å². The third-order valence-corrected chi connectivity index (χ3v) is 3.85. The SMILES string of the molecule is C[C@H](OC(=O)CCNC(=O)c1ccco1)C(=O)Nc1ccc2c(c1)OCCO2. The van der Waals surface area contributed by atoms with Crippen molar-refractivity contribution in [2.24, 2.45) is 0 Å². The molecule has 9 heteroatoms. The zero-order valence-electron chi connectivity index (χ0n) is 15.2. The van der Waals surface area contributed by atoms with Crippen LogP contribution in [0.3, 0.4) is 0 Å². The summed E-state index contributed by atoms with van der Waals surface area (Å²) >= 11 is 0. The van der Waals surface area contributed by atoms with E-state index in [2.05, 4.69) is 10.6 Å². The summed E-state index contributed by atoms with van der Waals surface area (Å²) in [6, 6.07) is 8.11. The number of hydrogen-bond acceptors (Lipinski definition) is 7. The van der Waals surface area contributed by atoms with Gasteiger partial charge in [-0.3, -0.25) is 14.4 Å². The third kappa shape index (κ3) is 5.03. The Morgan fingerprint density at radius 3 is 2.68 bits per heavy atom. The van der Waals surface area contributed by atoms with E-state index in [4.69, 9.17) is 18.6 Å². The molecule has 0 saturated carbocycles. The molecule has 0 fully saturated rings. The number of amides is 2. The zero-order chi connectivity index (χ0) is 19.9. The molecule has 28 heavy (non-hydrogen) atoms. The maximum Gasteiger partial charge on any atom is 0.308 e. The molecule has 148 valence electrons. The second-order valence-electron chi connectivity index (χ2n) is 5.96. The maximum absolute atomic E-state index is 12.2. The van der Waals surface area contributed by atoms with Gasteiger partial charge in [0, 0.05) is 18.3 Å². The first-order valence-corrected chi connectivity index (χ1v) is 8.74. The topological polar surface area (TPSA) is 116 Å². The standard InChI is InChI=1S/C19H20N2O7/c1-12(28-17(22)6-7-20-19(24)15-3-2-8-25-15)18(23)21-13-4-5-14-16(11-13)27-10-9-26-14/h2-5,8,11-12H,6-7,9-10H2,1H3,(H,20,24)(H,21,23)/t12-/m0/s1. The molecule has 0 unspecified atom stereocenters. The van der Waals surface area contributed by atoms with Gasteiger partial charge in [0.25, 0.3) is 11.8 Å². The van der Waals surface area contributed by atoms with Crippen LogP contribution >= 0.6 is 0 Å². The molecule has 1 aromatic heterocycles. The van der Waals surface area contributed by atoms with Gasteiger partial charge in [0.15, 0.2) is 23.4 Å². The van der Waals surface area contributed by atoms with Gasteiger partial charge in [0.05, 0.1) is 12.7 Å². The van der Waals surface area contributed by atoms with Crippen molar-refractivity contribution in [3.63, 3.8) is 0 Å². The van der Waals surface area contributed by atoms with Crippen LogP contribution in [0.1, 0.15) is 23.9 Å². The number of furan rings is 1. The van der Waals surface area contributed by atoms with Crippen LogP contribution in [0.25, 0.3) is 0 Å². The molecule has 1 atom stereocenters. The van der Waals surface area contributed by atoms with Gasteiger partial charge in [0.2, 0.25) is 0 Å². The van der Waals surface area contributed by atoms with Crippen LogP contribution in [-0.2, 0) is 14.3 Å². The minimum atomic E-state index is -0.999. The van der Waals surface area contributed by atoms with Crippen LogP contribution in [0.5, 0.6) is 11.5 Å². The number of carbonyl (C=O) groups excluding carboxylic acids is 3. The molecule has 0 radical (unpaired) electrons. The highest BCUT2D eigenvalue weighted by Crippen LogP contribution is 2.32. The molecule has 2 aromatic rings. The van der Waals surface area contributed by atoms with Crippen molar-refractivity contribution in [2.75, 3.05) is 25.1 Å². The zero-order valence-corrected chi connectivity index (χ0v) is 15.2. The quantitative estimate of drug-likeness (QED) is 0.694. The van der Waals surface area contributed by atoms with Gasteiger partial charge in [-0.15, -0.1) is 0 Å². The number of esters is 1. The highest BCUT2D eigenvalue weighted by Gasteiger charge is 2.19. The number of hydrogen-bond donors (Lipinski definition) is 2. The summed E-state index contributed by atoms with van der Waals surface area (Å²) in [7, 11) is 0. The fourth-order valence-corrected chi connectivity index (χ4v) is 2.45. The fourth-order valence-electron chi connectivity index (χ4n) is 2.45. The van der Waals surface area contributed by atoms with E-state index in [0.29, 0.717) is 30.4 Å². The molecule has 9 nitrogen and oxygen atoms in total. The molecular formula is C19H20N2O7. The first-order valence-electron chi connectivity index (χ1n) is 8.74. The van der Waals surface area contributed by atoms with Gasteiger partial charge >= 0.3 is 5.97 Å². The van der Waals surface area contributed by atoms with Gasteiger partial charge in [-0.25, -0.2) is 0 Å². The van der Waals surface area contributed by atoms with Gasteiger partial charge in [-0.2, -0.15) is 0 Å². The number of nitrogens with one attached hydrogen (secondary N) is 2. The normalized spacial score (nSPS) is 13.3. The number of benzene rings is 1.